The van der Waals surface area contributed by atoms with Crippen LogP contribution in [0.4, 0.5) is 4.79 Å². The van der Waals surface area contributed by atoms with Gasteiger partial charge in [0.25, 0.3) is 0 Å². The van der Waals surface area contributed by atoms with Crippen LogP contribution in [0.15, 0.2) is 0 Å². The molecule has 1 amide bonds. The minimum absolute atomic E-state index is 0.164. The maximum atomic E-state index is 10.5. The quantitative estimate of drug-likeness (QED) is 0.684. The van der Waals surface area contributed by atoms with Gasteiger partial charge in [0, 0.05) is 6.61 Å². The van der Waals surface area contributed by atoms with Crippen molar-refractivity contribution in [1.29, 1.82) is 0 Å². The van der Waals surface area contributed by atoms with Gasteiger partial charge in [0.2, 0.25) is 0 Å². The van der Waals surface area contributed by atoms with E-state index in [9.17, 15) is 4.79 Å². The molecule has 0 spiro atoms. The average Bonchev–Trinajstić information content (AvgIpc) is 1.97. The molecule has 0 aromatic heterocycles. The highest BCUT2D eigenvalue weighted by molar-refractivity contribution is 5.65. The lowest BCUT2D eigenvalue weighted by Crippen LogP contribution is -2.37. The Hall–Kier alpha value is -0.770. The van der Waals surface area contributed by atoms with Gasteiger partial charge in [-0.25, -0.2) is 4.79 Å². The highest BCUT2D eigenvalue weighted by atomic mass is 16.6. The van der Waals surface area contributed by atoms with Crippen LogP contribution in [0.2, 0.25) is 0 Å². The molecule has 78 valence electrons. The van der Waals surface area contributed by atoms with Gasteiger partial charge in [0.05, 0.1) is 0 Å². The van der Waals surface area contributed by atoms with E-state index in [1.54, 1.807) is 0 Å². The van der Waals surface area contributed by atoms with Gasteiger partial charge < -0.3 is 15.6 Å². The molecule has 0 rings (SSSR count). The Morgan fingerprint density at radius 3 is 2.54 bits per heavy atom. The fourth-order valence-electron chi connectivity index (χ4n) is 1.10. The summed E-state index contributed by atoms with van der Waals surface area (Å²) in [4.78, 5) is 10.5. The van der Waals surface area contributed by atoms with Gasteiger partial charge in [-0.05, 0) is 32.6 Å². The Labute approximate surface area is 79.1 Å². The molecule has 0 aliphatic carbocycles. The summed E-state index contributed by atoms with van der Waals surface area (Å²) in [6.07, 6.45) is 0.782. The molecule has 0 radical (unpaired) electrons. The Kier molecular flexibility index (Phi) is 4.77. The van der Waals surface area contributed by atoms with Crippen molar-refractivity contribution in [3.63, 3.8) is 0 Å². The molecule has 4 heteroatoms. The summed E-state index contributed by atoms with van der Waals surface area (Å²) in [7, 11) is 0. The number of carbonyl (C=O) groups is 1. The van der Waals surface area contributed by atoms with Crippen molar-refractivity contribution in [1.82, 2.24) is 0 Å². The van der Waals surface area contributed by atoms with E-state index in [2.05, 4.69) is 0 Å². The third-order valence-corrected chi connectivity index (χ3v) is 2.35. The van der Waals surface area contributed by atoms with Gasteiger partial charge in [0.15, 0.2) is 0 Å². The second kappa shape index (κ2) is 5.07. The summed E-state index contributed by atoms with van der Waals surface area (Å²) in [5, 5.41) is 8.63. The molecular formula is C9H19NO3. The lowest BCUT2D eigenvalue weighted by atomic mass is 9.89. The van der Waals surface area contributed by atoms with Gasteiger partial charge in [-0.15, -0.1) is 0 Å². The topological polar surface area (TPSA) is 72.6 Å². The van der Waals surface area contributed by atoms with Crippen LogP contribution in [0, 0.1) is 5.92 Å². The number of hydrogen-bond donors (Lipinski definition) is 2. The maximum Gasteiger partial charge on any atom is 0.405 e. The highest BCUT2D eigenvalue weighted by Crippen LogP contribution is 2.24. The normalized spacial score (nSPS) is 13.8. The molecule has 1 unspecified atom stereocenters. The van der Waals surface area contributed by atoms with Crippen molar-refractivity contribution in [2.75, 3.05) is 6.61 Å². The third-order valence-electron chi connectivity index (χ3n) is 2.35. The van der Waals surface area contributed by atoms with Crippen LogP contribution in [0.5, 0.6) is 0 Å². The van der Waals surface area contributed by atoms with Crippen molar-refractivity contribution in [2.24, 2.45) is 11.7 Å². The standard InChI is InChI=1S/C9H19NO3/c1-7(5-4-6-11)9(2,3)13-8(10)12/h7,11H,4-6H2,1-3H3,(H2,10,12). The zero-order valence-electron chi connectivity index (χ0n) is 8.54. The van der Waals surface area contributed by atoms with E-state index in [-0.39, 0.29) is 12.5 Å². The number of rotatable bonds is 5. The molecule has 1 atom stereocenters. The van der Waals surface area contributed by atoms with E-state index < -0.39 is 11.7 Å². The number of nitrogens with two attached hydrogens (primary N) is 1. The largest absolute Gasteiger partial charge is 0.443 e. The number of carbonyl (C=O) groups excluding carboxylic acids is 1. The molecule has 13 heavy (non-hydrogen) atoms. The number of primary amides is 1. The number of hydrogen-bond acceptors (Lipinski definition) is 3. The van der Waals surface area contributed by atoms with Gasteiger partial charge in [-0.2, -0.15) is 0 Å². The lowest BCUT2D eigenvalue weighted by molar-refractivity contribution is 0.000256. The summed E-state index contributed by atoms with van der Waals surface area (Å²) >= 11 is 0. The third kappa shape index (κ3) is 4.72. The summed E-state index contributed by atoms with van der Waals surface area (Å²) in [6.45, 7) is 5.77. The van der Waals surface area contributed by atoms with E-state index in [4.69, 9.17) is 15.6 Å². The first kappa shape index (κ1) is 12.2. The van der Waals surface area contributed by atoms with Crippen LogP contribution in [-0.2, 0) is 4.74 Å². The fourth-order valence-corrected chi connectivity index (χ4v) is 1.10. The monoisotopic (exact) mass is 189 g/mol. The molecule has 0 aromatic carbocycles. The van der Waals surface area contributed by atoms with Gasteiger partial charge >= 0.3 is 6.09 Å². The Bertz CT molecular complexity index is 168. The maximum absolute atomic E-state index is 10.5. The smallest absolute Gasteiger partial charge is 0.405 e. The molecule has 0 aliphatic heterocycles. The predicted octanol–water partition coefficient (Wildman–Crippen LogP) is 1.27. The van der Waals surface area contributed by atoms with Gasteiger partial charge in [-0.1, -0.05) is 6.92 Å². The fraction of sp³-hybridized carbons (Fsp3) is 0.889. The number of ether oxygens (including phenoxy) is 1. The molecule has 0 saturated carbocycles. The lowest BCUT2D eigenvalue weighted by Gasteiger charge is -2.30. The second-order valence-electron chi connectivity index (χ2n) is 3.79. The minimum atomic E-state index is -0.749. The number of aliphatic hydroxyl groups is 1. The van der Waals surface area contributed by atoms with Crippen LogP contribution >= 0.6 is 0 Å². The predicted molar refractivity (Wildman–Crippen MR) is 50.2 cm³/mol. The van der Waals surface area contributed by atoms with E-state index in [0.717, 1.165) is 6.42 Å². The van der Waals surface area contributed by atoms with Crippen LogP contribution in [0.1, 0.15) is 33.6 Å². The van der Waals surface area contributed by atoms with E-state index in [1.165, 1.54) is 0 Å². The van der Waals surface area contributed by atoms with Crippen LogP contribution in [0.3, 0.4) is 0 Å². The highest BCUT2D eigenvalue weighted by Gasteiger charge is 2.28. The van der Waals surface area contributed by atoms with Gasteiger partial charge in [0.1, 0.15) is 5.60 Å². The van der Waals surface area contributed by atoms with E-state index >= 15 is 0 Å². The van der Waals surface area contributed by atoms with Crippen molar-refractivity contribution >= 4 is 6.09 Å². The average molecular weight is 189 g/mol. The molecule has 4 nitrogen and oxygen atoms in total. The molecule has 0 heterocycles. The first-order valence-corrected chi connectivity index (χ1v) is 4.49. The summed E-state index contributed by atoms with van der Waals surface area (Å²) in [5.41, 5.74) is 4.38. The summed E-state index contributed by atoms with van der Waals surface area (Å²) in [5.74, 6) is 0.187. The van der Waals surface area contributed by atoms with Crippen molar-refractivity contribution in [3.8, 4) is 0 Å². The first-order chi connectivity index (χ1) is 5.90. The summed E-state index contributed by atoms with van der Waals surface area (Å²) < 4.78 is 4.95. The number of amides is 1. The molecule has 0 bridgehead atoms. The van der Waals surface area contributed by atoms with Crippen LogP contribution in [0.25, 0.3) is 0 Å². The number of aliphatic hydroxyl groups excluding tert-OH is 1. The molecule has 0 aromatic rings. The van der Waals surface area contributed by atoms with Crippen LogP contribution < -0.4 is 5.73 Å². The zero-order chi connectivity index (χ0) is 10.5. The zero-order valence-corrected chi connectivity index (χ0v) is 8.54. The Balaban J connectivity index is 4.01. The van der Waals surface area contributed by atoms with Crippen molar-refractivity contribution < 1.29 is 14.6 Å². The molecular weight excluding hydrogens is 170 g/mol. The Morgan fingerprint density at radius 1 is 1.62 bits per heavy atom. The van der Waals surface area contributed by atoms with E-state index in [1.807, 2.05) is 20.8 Å². The van der Waals surface area contributed by atoms with Crippen LogP contribution in [-0.4, -0.2) is 23.4 Å². The molecule has 0 fully saturated rings. The SMILES string of the molecule is CC(CCCO)C(C)(C)OC(N)=O. The second-order valence-corrected chi connectivity index (χ2v) is 3.79. The van der Waals surface area contributed by atoms with Crippen molar-refractivity contribution in [3.05, 3.63) is 0 Å². The van der Waals surface area contributed by atoms with Crippen molar-refractivity contribution in [2.45, 2.75) is 39.2 Å². The molecule has 0 saturated heterocycles. The molecule has 0 aliphatic rings. The summed E-state index contributed by atoms with van der Waals surface area (Å²) in [6, 6.07) is 0. The minimum Gasteiger partial charge on any atom is -0.443 e. The van der Waals surface area contributed by atoms with Gasteiger partial charge in [-0.3, -0.25) is 0 Å². The first-order valence-electron chi connectivity index (χ1n) is 4.49. The Morgan fingerprint density at radius 2 is 2.15 bits per heavy atom. The van der Waals surface area contributed by atoms with E-state index in [0.29, 0.717) is 6.42 Å². The molecule has 3 N–H and O–H groups in total.